The Hall–Kier alpha value is -3.34. The molecule has 0 aromatic heterocycles. The smallest absolute Gasteiger partial charge is 0.247 e. The number of ether oxygens (including phenoxy) is 2. The standard InChI is InChI=1S/C23H24N2O3/c1-15(18-5-6-20-14-22(28-4)12-9-19(20)13-18)23(26)25-24-16(2)17-7-10-21(27-3)11-8-17/h5-15H,1-4H3,(H,25,26)/b24-16+. The van der Waals surface area contributed by atoms with Gasteiger partial charge in [0.2, 0.25) is 5.91 Å². The predicted octanol–water partition coefficient (Wildman–Crippen LogP) is 4.50. The molecule has 5 heteroatoms. The summed E-state index contributed by atoms with van der Waals surface area (Å²) in [5.74, 6) is 1.12. The Bertz CT molecular complexity index is 1010. The molecule has 0 saturated heterocycles. The van der Waals surface area contributed by atoms with Gasteiger partial charge in [0.05, 0.1) is 25.8 Å². The maximum Gasteiger partial charge on any atom is 0.247 e. The van der Waals surface area contributed by atoms with Crippen LogP contribution in [0.3, 0.4) is 0 Å². The highest BCUT2D eigenvalue weighted by atomic mass is 16.5. The van der Waals surface area contributed by atoms with E-state index in [9.17, 15) is 4.79 Å². The largest absolute Gasteiger partial charge is 0.497 e. The molecular formula is C23H24N2O3. The molecule has 0 saturated carbocycles. The van der Waals surface area contributed by atoms with Gasteiger partial charge >= 0.3 is 0 Å². The minimum absolute atomic E-state index is 0.152. The maximum absolute atomic E-state index is 12.6. The zero-order valence-corrected chi connectivity index (χ0v) is 16.5. The lowest BCUT2D eigenvalue weighted by molar-refractivity contribution is -0.122. The molecule has 0 aliphatic heterocycles. The number of fused-ring (bicyclic) bond motifs is 1. The van der Waals surface area contributed by atoms with Crippen molar-refractivity contribution < 1.29 is 14.3 Å². The van der Waals surface area contributed by atoms with Gasteiger partial charge in [0, 0.05) is 0 Å². The van der Waals surface area contributed by atoms with Gasteiger partial charge in [-0.15, -0.1) is 0 Å². The van der Waals surface area contributed by atoms with E-state index in [1.165, 1.54) is 0 Å². The van der Waals surface area contributed by atoms with Crippen LogP contribution in [0, 0.1) is 0 Å². The van der Waals surface area contributed by atoms with Crippen molar-refractivity contribution in [2.75, 3.05) is 14.2 Å². The molecule has 3 rings (SSSR count). The lowest BCUT2D eigenvalue weighted by Gasteiger charge is -2.12. The number of methoxy groups -OCH3 is 2. The minimum Gasteiger partial charge on any atom is -0.497 e. The molecule has 0 fully saturated rings. The quantitative estimate of drug-likeness (QED) is 0.509. The minimum atomic E-state index is -0.320. The van der Waals surface area contributed by atoms with Gasteiger partial charge in [-0.05, 0) is 72.1 Å². The van der Waals surface area contributed by atoms with E-state index in [-0.39, 0.29) is 11.8 Å². The molecule has 1 amide bonds. The molecule has 0 heterocycles. The van der Waals surface area contributed by atoms with Crippen LogP contribution in [0.5, 0.6) is 11.5 Å². The number of hydrogen-bond donors (Lipinski definition) is 1. The Balaban J connectivity index is 1.71. The summed E-state index contributed by atoms with van der Waals surface area (Å²) in [6.45, 7) is 3.73. The van der Waals surface area contributed by atoms with Crippen molar-refractivity contribution in [1.82, 2.24) is 5.43 Å². The fourth-order valence-electron chi connectivity index (χ4n) is 2.92. The lowest BCUT2D eigenvalue weighted by atomic mass is 9.97. The highest BCUT2D eigenvalue weighted by molar-refractivity contribution is 5.99. The van der Waals surface area contributed by atoms with E-state index >= 15 is 0 Å². The molecule has 1 atom stereocenters. The Kier molecular flexibility index (Phi) is 5.94. The van der Waals surface area contributed by atoms with E-state index in [4.69, 9.17) is 9.47 Å². The maximum atomic E-state index is 12.6. The molecular weight excluding hydrogens is 352 g/mol. The fourth-order valence-corrected chi connectivity index (χ4v) is 2.92. The number of nitrogens with one attached hydrogen (secondary N) is 1. The van der Waals surface area contributed by atoms with E-state index in [2.05, 4.69) is 10.5 Å². The fraction of sp³-hybridized carbons (Fsp3) is 0.217. The monoisotopic (exact) mass is 376 g/mol. The normalized spacial score (nSPS) is 12.5. The third-order valence-corrected chi connectivity index (χ3v) is 4.81. The third-order valence-electron chi connectivity index (χ3n) is 4.81. The van der Waals surface area contributed by atoms with E-state index in [1.54, 1.807) is 14.2 Å². The highest BCUT2D eigenvalue weighted by Gasteiger charge is 2.15. The molecule has 3 aromatic carbocycles. The van der Waals surface area contributed by atoms with Crippen LogP contribution in [0.4, 0.5) is 0 Å². The van der Waals surface area contributed by atoms with Gasteiger partial charge in [0.25, 0.3) is 0 Å². The molecule has 5 nitrogen and oxygen atoms in total. The van der Waals surface area contributed by atoms with Crippen LogP contribution in [0.1, 0.15) is 30.9 Å². The first-order valence-corrected chi connectivity index (χ1v) is 9.08. The zero-order valence-electron chi connectivity index (χ0n) is 16.5. The second-order valence-electron chi connectivity index (χ2n) is 6.60. The molecule has 0 aliphatic carbocycles. The number of benzene rings is 3. The van der Waals surface area contributed by atoms with Crippen LogP contribution < -0.4 is 14.9 Å². The third kappa shape index (κ3) is 4.31. The molecule has 0 spiro atoms. The number of nitrogens with zero attached hydrogens (tertiary/aromatic N) is 1. The lowest BCUT2D eigenvalue weighted by Crippen LogP contribution is -2.24. The number of hydrazone groups is 1. The first-order valence-electron chi connectivity index (χ1n) is 9.08. The molecule has 144 valence electrons. The first-order chi connectivity index (χ1) is 13.5. The summed E-state index contributed by atoms with van der Waals surface area (Å²) in [5, 5.41) is 6.38. The molecule has 1 N–H and O–H groups in total. The summed E-state index contributed by atoms with van der Waals surface area (Å²) in [4.78, 5) is 12.6. The van der Waals surface area contributed by atoms with Gasteiger partial charge in [0.15, 0.2) is 0 Å². The van der Waals surface area contributed by atoms with Gasteiger partial charge in [-0.3, -0.25) is 4.79 Å². The van der Waals surface area contributed by atoms with Gasteiger partial charge in [-0.25, -0.2) is 5.43 Å². The van der Waals surface area contributed by atoms with Gasteiger partial charge < -0.3 is 9.47 Å². The second kappa shape index (κ2) is 8.57. The van der Waals surface area contributed by atoms with Crippen LogP contribution >= 0.6 is 0 Å². The number of carbonyl (C=O) groups is 1. The van der Waals surface area contributed by atoms with Gasteiger partial charge in [-0.2, -0.15) is 5.10 Å². The van der Waals surface area contributed by atoms with Crippen molar-refractivity contribution >= 4 is 22.4 Å². The van der Waals surface area contributed by atoms with Crippen molar-refractivity contribution in [3.05, 3.63) is 71.8 Å². The number of hydrogen-bond acceptors (Lipinski definition) is 4. The Labute approximate surface area is 165 Å². The van der Waals surface area contributed by atoms with Crippen LogP contribution in [0.2, 0.25) is 0 Å². The highest BCUT2D eigenvalue weighted by Crippen LogP contribution is 2.25. The summed E-state index contributed by atoms with van der Waals surface area (Å²) in [5.41, 5.74) is 5.26. The predicted molar refractivity (Wildman–Crippen MR) is 112 cm³/mol. The summed E-state index contributed by atoms with van der Waals surface area (Å²) in [7, 11) is 3.28. The molecule has 0 bridgehead atoms. The number of rotatable bonds is 6. The van der Waals surface area contributed by atoms with E-state index in [0.29, 0.717) is 0 Å². The van der Waals surface area contributed by atoms with E-state index in [0.717, 1.165) is 39.1 Å². The molecule has 0 radical (unpaired) electrons. The summed E-state index contributed by atoms with van der Waals surface area (Å²) >= 11 is 0. The second-order valence-corrected chi connectivity index (χ2v) is 6.60. The number of amides is 1. The zero-order chi connectivity index (χ0) is 20.1. The van der Waals surface area contributed by atoms with E-state index < -0.39 is 0 Å². The Morgan fingerprint density at radius 1 is 0.893 bits per heavy atom. The average Bonchev–Trinajstić information content (AvgIpc) is 2.75. The SMILES string of the molecule is COc1ccc(/C(C)=N/NC(=O)C(C)c2ccc3cc(OC)ccc3c2)cc1. The molecule has 0 aliphatic rings. The van der Waals surface area contributed by atoms with Gasteiger partial charge in [0.1, 0.15) is 11.5 Å². The summed E-state index contributed by atoms with van der Waals surface area (Å²) in [6.07, 6.45) is 0. The molecule has 3 aromatic rings. The van der Waals surface area contributed by atoms with Crippen LogP contribution in [-0.4, -0.2) is 25.8 Å². The summed E-state index contributed by atoms with van der Waals surface area (Å²) in [6, 6.07) is 19.4. The Morgan fingerprint density at radius 2 is 1.50 bits per heavy atom. The Morgan fingerprint density at radius 3 is 2.18 bits per heavy atom. The van der Waals surface area contributed by atoms with E-state index in [1.807, 2.05) is 74.5 Å². The van der Waals surface area contributed by atoms with Crippen molar-refractivity contribution in [2.24, 2.45) is 5.10 Å². The van der Waals surface area contributed by atoms with Crippen LogP contribution in [-0.2, 0) is 4.79 Å². The summed E-state index contributed by atoms with van der Waals surface area (Å²) < 4.78 is 10.4. The topological polar surface area (TPSA) is 59.9 Å². The molecule has 28 heavy (non-hydrogen) atoms. The van der Waals surface area contributed by atoms with Gasteiger partial charge in [-0.1, -0.05) is 24.3 Å². The average molecular weight is 376 g/mol. The van der Waals surface area contributed by atoms with Crippen LogP contribution in [0.25, 0.3) is 10.8 Å². The van der Waals surface area contributed by atoms with Crippen molar-refractivity contribution in [2.45, 2.75) is 19.8 Å². The van der Waals surface area contributed by atoms with Crippen molar-refractivity contribution in [1.29, 1.82) is 0 Å². The first kappa shape index (κ1) is 19.4. The molecule has 1 unspecified atom stereocenters. The van der Waals surface area contributed by atoms with Crippen molar-refractivity contribution in [3.63, 3.8) is 0 Å². The van der Waals surface area contributed by atoms with Crippen molar-refractivity contribution in [3.8, 4) is 11.5 Å². The number of carbonyl (C=O) groups excluding carboxylic acids is 1. The van der Waals surface area contributed by atoms with Crippen LogP contribution in [0.15, 0.2) is 65.8 Å².